The van der Waals surface area contributed by atoms with Gasteiger partial charge in [0.1, 0.15) is 5.84 Å². The Hall–Kier alpha value is -2.33. The summed E-state index contributed by atoms with van der Waals surface area (Å²) in [6.07, 6.45) is 0.443. The molecule has 1 unspecified atom stereocenters. The van der Waals surface area contributed by atoms with Gasteiger partial charge in [0.2, 0.25) is 5.91 Å². The topological polar surface area (TPSA) is 46.8 Å². The summed E-state index contributed by atoms with van der Waals surface area (Å²) in [6.45, 7) is 0.608. The molecule has 1 fully saturated rings. The number of benzene rings is 2. The molecule has 0 aromatic heterocycles. The maximum atomic E-state index is 12.3. The molecular weight excluding hydrogens is 298 g/mol. The Morgan fingerprint density at radius 2 is 1.77 bits per heavy atom. The Bertz CT molecular complexity index is 770. The molecule has 4 nitrogen and oxygen atoms in total. The van der Waals surface area contributed by atoms with E-state index in [1.807, 2.05) is 36.4 Å². The first-order valence-corrected chi connectivity index (χ1v) is 7.54. The van der Waals surface area contributed by atoms with Gasteiger partial charge in [-0.3, -0.25) is 4.79 Å². The lowest BCUT2D eigenvalue weighted by Crippen LogP contribution is -2.26. The van der Waals surface area contributed by atoms with Gasteiger partial charge in [0.15, 0.2) is 0 Å². The van der Waals surface area contributed by atoms with Crippen LogP contribution in [0.25, 0.3) is 0 Å². The molecule has 1 radical (unpaired) electrons. The zero-order valence-corrected chi connectivity index (χ0v) is 12.5. The summed E-state index contributed by atoms with van der Waals surface area (Å²) < 4.78 is 0. The number of fused-ring (bicyclic) bond motifs is 1. The molecule has 0 spiro atoms. The fraction of sp³-hybridized carbons (Fsp3) is 0.176. The van der Waals surface area contributed by atoms with Crippen molar-refractivity contribution in [1.29, 1.82) is 0 Å². The van der Waals surface area contributed by atoms with Crippen molar-refractivity contribution in [3.8, 4) is 0 Å². The first-order chi connectivity index (χ1) is 10.7. The third kappa shape index (κ3) is 2.25. The van der Waals surface area contributed by atoms with Crippen LogP contribution in [0.2, 0.25) is 5.02 Å². The average molecular weight is 311 g/mol. The van der Waals surface area contributed by atoms with Crippen molar-refractivity contribution in [2.45, 2.75) is 6.42 Å². The Kier molecular flexibility index (Phi) is 3.12. The van der Waals surface area contributed by atoms with E-state index in [2.05, 4.69) is 10.3 Å². The number of aliphatic imine (C=N–C) groups is 1. The van der Waals surface area contributed by atoms with Crippen LogP contribution in [0, 0.1) is 5.92 Å². The van der Waals surface area contributed by atoms with E-state index in [1.165, 1.54) is 0 Å². The average Bonchev–Trinajstić information content (AvgIpc) is 3.11. The minimum atomic E-state index is 0.0376. The van der Waals surface area contributed by atoms with E-state index in [4.69, 9.17) is 11.6 Å². The van der Waals surface area contributed by atoms with Gasteiger partial charge in [-0.05, 0) is 36.4 Å². The summed E-state index contributed by atoms with van der Waals surface area (Å²) in [4.78, 5) is 18.6. The zero-order chi connectivity index (χ0) is 15.1. The maximum absolute atomic E-state index is 12.3. The van der Waals surface area contributed by atoms with Gasteiger partial charge in [0, 0.05) is 29.6 Å². The van der Waals surface area contributed by atoms with Crippen molar-refractivity contribution < 1.29 is 4.79 Å². The van der Waals surface area contributed by atoms with Gasteiger partial charge in [0.25, 0.3) is 0 Å². The third-order valence-corrected chi connectivity index (χ3v) is 4.23. The van der Waals surface area contributed by atoms with Gasteiger partial charge in [0.05, 0.1) is 11.4 Å². The number of amidine groups is 1. The molecule has 0 aliphatic carbocycles. The van der Waals surface area contributed by atoms with Crippen molar-refractivity contribution in [2.24, 2.45) is 10.9 Å². The molecule has 0 N–H and O–H groups in total. The van der Waals surface area contributed by atoms with Crippen LogP contribution in [0.4, 0.5) is 17.1 Å². The number of halogens is 1. The first-order valence-electron chi connectivity index (χ1n) is 7.16. The van der Waals surface area contributed by atoms with Crippen LogP contribution in [-0.2, 0) is 4.79 Å². The largest absolute Gasteiger partial charge is 0.312 e. The lowest BCUT2D eigenvalue weighted by Gasteiger charge is -2.16. The number of hydrogen-bond acceptors (Lipinski definition) is 2. The van der Waals surface area contributed by atoms with Crippen molar-refractivity contribution in [3.05, 3.63) is 53.6 Å². The molecule has 4 rings (SSSR count). The molecule has 2 heterocycles. The highest BCUT2D eigenvalue weighted by Gasteiger charge is 2.36. The van der Waals surface area contributed by atoms with Crippen LogP contribution in [-0.4, -0.2) is 18.3 Å². The molecule has 0 saturated carbocycles. The van der Waals surface area contributed by atoms with E-state index in [0.717, 1.165) is 22.9 Å². The van der Waals surface area contributed by atoms with Gasteiger partial charge < -0.3 is 4.90 Å². The number of rotatable bonds is 2. The molecule has 1 atom stereocenters. The number of carbonyl (C=O) groups excluding carboxylic acids is 1. The van der Waals surface area contributed by atoms with E-state index in [1.54, 1.807) is 17.0 Å². The van der Waals surface area contributed by atoms with E-state index in [9.17, 15) is 4.79 Å². The van der Waals surface area contributed by atoms with Gasteiger partial charge in [-0.15, -0.1) is 0 Å². The van der Waals surface area contributed by atoms with E-state index in [0.29, 0.717) is 18.0 Å². The quantitative estimate of drug-likeness (QED) is 0.834. The Morgan fingerprint density at radius 1 is 1.05 bits per heavy atom. The molecule has 2 aromatic carbocycles. The molecule has 2 aliphatic rings. The number of anilines is 1. The molecule has 5 heteroatoms. The standard InChI is InChI=1S/C17H13ClN3O/c18-12-5-7-13(8-6-12)21-10-11(9-16(21)22)17-19-14-3-1-2-4-15(14)20-17/h1-8,11H,9-10H2. The van der Waals surface area contributed by atoms with Crippen LogP contribution in [0.15, 0.2) is 53.5 Å². The smallest absolute Gasteiger partial charge is 0.227 e. The van der Waals surface area contributed by atoms with Crippen LogP contribution in [0.3, 0.4) is 0 Å². The van der Waals surface area contributed by atoms with Crippen LogP contribution >= 0.6 is 11.6 Å². The van der Waals surface area contributed by atoms with Crippen LogP contribution in [0.5, 0.6) is 0 Å². The minimum absolute atomic E-state index is 0.0376. The van der Waals surface area contributed by atoms with Crippen molar-refractivity contribution in [3.63, 3.8) is 0 Å². The summed E-state index contributed by atoms with van der Waals surface area (Å²) in [5, 5.41) is 5.22. The summed E-state index contributed by atoms with van der Waals surface area (Å²) in [5.41, 5.74) is 2.64. The number of para-hydroxylation sites is 2. The molecule has 2 aliphatic heterocycles. The summed E-state index contributed by atoms with van der Waals surface area (Å²) in [6, 6.07) is 15.1. The second kappa shape index (κ2) is 5.14. The Morgan fingerprint density at radius 3 is 2.50 bits per heavy atom. The molecule has 0 bridgehead atoms. The molecular formula is C17H13ClN3O. The second-order valence-electron chi connectivity index (χ2n) is 5.45. The van der Waals surface area contributed by atoms with Gasteiger partial charge in [-0.1, -0.05) is 23.7 Å². The highest BCUT2D eigenvalue weighted by Crippen LogP contribution is 2.34. The van der Waals surface area contributed by atoms with Crippen molar-refractivity contribution in [1.82, 2.24) is 5.32 Å². The monoisotopic (exact) mass is 310 g/mol. The summed E-state index contributed by atoms with van der Waals surface area (Å²) in [7, 11) is 0. The fourth-order valence-corrected chi connectivity index (χ4v) is 2.98. The Balaban J connectivity index is 1.55. The lowest BCUT2D eigenvalue weighted by atomic mass is 10.1. The molecule has 22 heavy (non-hydrogen) atoms. The molecule has 1 amide bonds. The van der Waals surface area contributed by atoms with E-state index < -0.39 is 0 Å². The summed E-state index contributed by atoms with van der Waals surface area (Å²) >= 11 is 5.90. The highest BCUT2D eigenvalue weighted by atomic mass is 35.5. The maximum Gasteiger partial charge on any atom is 0.227 e. The number of amides is 1. The summed E-state index contributed by atoms with van der Waals surface area (Å²) in [5.74, 6) is 0.891. The fourth-order valence-electron chi connectivity index (χ4n) is 2.86. The van der Waals surface area contributed by atoms with Gasteiger partial charge in [-0.25, -0.2) is 10.3 Å². The lowest BCUT2D eigenvalue weighted by molar-refractivity contribution is -0.117. The Labute approximate surface area is 133 Å². The number of nitrogens with zero attached hydrogens (tertiary/aromatic N) is 3. The van der Waals surface area contributed by atoms with Gasteiger partial charge >= 0.3 is 0 Å². The van der Waals surface area contributed by atoms with E-state index >= 15 is 0 Å². The second-order valence-corrected chi connectivity index (χ2v) is 5.89. The van der Waals surface area contributed by atoms with Gasteiger partial charge in [-0.2, -0.15) is 0 Å². The normalized spacial score (nSPS) is 19.9. The minimum Gasteiger partial charge on any atom is -0.312 e. The SMILES string of the molecule is O=C1CC(C2=Nc3ccccc3[N]2)CN1c1ccc(Cl)cc1. The third-order valence-electron chi connectivity index (χ3n) is 3.98. The van der Waals surface area contributed by atoms with E-state index in [-0.39, 0.29) is 11.8 Å². The van der Waals surface area contributed by atoms with Crippen molar-refractivity contribution >= 4 is 40.4 Å². The van der Waals surface area contributed by atoms with Crippen molar-refractivity contribution in [2.75, 3.05) is 11.4 Å². The molecule has 2 aromatic rings. The predicted molar refractivity (Wildman–Crippen MR) is 87.2 cm³/mol. The molecule has 1 saturated heterocycles. The highest BCUT2D eigenvalue weighted by molar-refractivity contribution is 6.30. The molecule has 109 valence electrons. The van der Waals surface area contributed by atoms with Crippen LogP contribution in [0.1, 0.15) is 6.42 Å². The number of carbonyl (C=O) groups is 1. The zero-order valence-electron chi connectivity index (χ0n) is 11.7. The predicted octanol–water partition coefficient (Wildman–Crippen LogP) is 3.67. The first kappa shape index (κ1) is 13.3. The number of hydrogen-bond donors (Lipinski definition) is 0. The van der Waals surface area contributed by atoms with Crippen LogP contribution < -0.4 is 10.2 Å².